The number of carbonyl (C=O) groups excluding carboxylic acids is 3. The Kier molecular flexibility index (Phi) is 4.06. The van der Waals surface area contributed by atoms with Crippen molar-refractivity contribution in [1.29, 1.82) is 0 Å². The van der Waals surface area contributed by atoms with Crippen molar-refractivity contribution in [2.75, 3.05) is 6.54 Å². The third-order valence-corrected chi connectivity index (χ3v) is 3.00. The van der Waals surface area contributed by atoms with Crippen molar-refractivity contribution >= 4 is 17.8 Å². The van der Waals surface area contributed by atoms with Gasteiger partial charge in [0.25, 0.3) is 5.91 Å². The molecule has 1 aliphatic heterocycles. The Morgan fingerprint density at radius 3 is 2.65 bits per heavy atom. The summed E-state index contributed by atoms with van der Waals surface area (Å²) in [6, 6.07) is -0.396. The summed E-state index contributed by atoms with van der Waals surface area (Å²) in [7, 11) is 0. The van der Waals surface area contributed by atoms with Gasteiger partial charge in [-0.3, -0.25) is 19.9 Å². The van der Waals surface area contributed by atoms with Crippen molar-refractivity contribution in [1.82, 2.24) is 15.6 Å². The molecule has 7 nitrogen and oxygen atoms in total. The van der Waals surface area contributed by atoms with Crippen molar-refractivity contribution < 1.29 is 14.4 Å². The smallest absolute Gasteiger partial charge is 0.323 e. The molecule has 1 unspecified atom stereocenters. The van der Waals surface area contributed by atoms with Crippen molar-refractivity contribution in [2.24, 2.45) is 5.84 Å². The van der Waals surface area contributed by atoms with Gasteiger partial charge < -0.3 is 5.32 Å². The Balaban J connectivity index is 2.52. The first-order chi connectivity index (χ1) is 7.94. The number of nitrogens with zero attached hydrogens (tertiary/aromatic N) is 1. The zero-order valence-corrected chi connectivity index (χ0v) is 10.1. The van der Waals surface area contributed by atoms with Crippen LogP contribution in [0.5, 0.6) is 0 Å². The first-order valence-corrected chi connectivity index (χ1v) is 5.58. The number of carbonyl (C=O) groups is 3. The molecule has 1 heterocycles. The Morgan fingerprint density at radius 2 is 2.18 bits per heavy atom. The molecular formula is C10H18N4O3. The predicted octanol–water partition coefficient (Wildman–Crippen LogP) is -0.523. The number of rotatable bonds is 5. The number of nitrogens with two attached hydrogens (primary N) is 1. The van der Waals surface area contributed by atoms with E-state index in [-0.39, 0.29) is 24.8 Å². The lowest BCUT2D eigenvalue weighted by atomic mass is 9.99. The predicted molar refractivity (Wildman–Crippen MR) is 60.5 cm³/mol. The molecule has 0 aromatic heterocycles. The van der Waals surface area contributed by atoms with Gasteiger partial charge in [-0.2, -0.15) is 0 Å². The van der Waals surface area contributed by atoms with Gasteiger partial charge in [0.15, 0.2) is 0 Å². The minimum Gasteiger partial charge on any atom is -0.323 e. The molecule has 7 heteroatoms. The molecule has 1 aliphatic rings. The van der Waals surface area contributed by atoms with E-state index in [2.05, 4.69) is 5.32 Å². The maximum absolute atomic E-state index is 11.9. The minimum absolute atomic E-state index is 0.191. The summed E-state index contributed by atoms with van der Waals surface area (Å²) in [6.45, 7) is 3.76. The van der Waals surface area contributed by atoms with Gasteiger partial charge >= 0.3 is 6.03 Å². The second-order valence-electron chi connectivity index (χ2n) is 4.24. The summed E-state index contributed by atoms with van der Waals surface area (Å²) < 4.78 is 0. The van der Waals surface area contributed by atoms with Crippen LogP contribution in [0.15, 0.2) is 0 Å². The van der Waals surface area contributed by atoms with Crippen molar-refractivity contribution in [2.45, 2.75) is 38.6 Å². The second kappa shape index (κ2) is 5.13. The number of urea groups is 1. The lowest BCUT2D eigenvalue weighted by Crippen LogP contribution is -2.43. The van der Waals surface area contributed by atoms with Crippen LogP contribution in [0.1, 0.15) is 33.1 Å². The number of hydrogen-bond donors (Lipinski definition) is 3. The first-order valence-electron chi connectivity index (χ1n) is 5.58. The molecule has 1 fully saturated rings. The minimum atomic E-state index is -0.812. The van der Waals surface area contributed by atoms with Crippen LogP contribution in [-0.2, 0) is 9.59 Å². The molecule has 0 bridgehead atoms. The number of amides is 4. The molecular weight excluding hydrogens is 224 g/mol. The van der Waals surface area contributed by atoms with Gasteiger partial charge in [0.05, 0.1) is 0 Å². The van der Waals surface area contributed by atoms with Crippen LogP contribution < -0.4 is 16.6 Å². The number of hydrazine groups is 1. The fraction of sp³-hybridized carbons (Fsp3) is 0.700. The lowest BCUT2D eigenvalue weighted by molar-refractivity contribution is -0.131. The van der Waals surface area contributed by atoms with E-state index in [1.165, 1.54) is 0 Å². The number of nitrogens with one attached hydrogen (secondary N) is 2. The average Bonchev–Trinajstić information content (AvgIpc) is 2.53. The highest BCUT2D eigenvalue weighted by Crippen LogP contribution is 2.20. The summed E-state index contributed by atoms with van der Waals surface area (Å²) in [4.78, 5) is 35.5. The van der Waals surface area contributed by atoms with Crippen molar-refractivity contribution in [3.8, 4) is 0 Å². The molecule has 96 valence electrons. The van der Waals surface area contributed by atoms with E-state index >= 15 is 0 Å². The van der Waals surface area contributed by atoms with Gasteiger partial charge in [0.2, 0.25) is 5.91 Å². The summed E-state index contributed by atoms with van der Waals surface area (Å²) in [5, 5.41) is 2.64. The zero-order valence-electron chi connectivity index (χ0n) is 10.1. The number of imide groups is 1. The number of hydrogen-bond acceptors (Lipinski definition) is 4. The zero-order chi connectivity index (χ0) is 13.1. The van der Waals surface area contributed by atoms with Gasteiger partial charge in [-0.15, -0.1) is 0 Å². The third-order valence-electron chi connectivity index (χ3n) is 3.00. The molecule has 1 atom stereocenters. The quantitative estimate of drug-likeness (QED) is 0.261. The second-order valence-corrected chi connectivity index (χ2v) is 4.24. The molecule has 4 N–H and O–H groups in total. The van der Waals surface area contributed by atoms with Crippen LogP contribution in [0.2, 0.25) is 0 Å². The molecule has 0 aliphatic carbocycles. The van der Waals surface area contributed by atoms with Gasteiger partial charge in [-0.25, -0.2) is 10.6 Å². The molecule has 0 saturated carbocycles. The van der Waals surface area contributed by atoms with Crippen molar-refractivity contribution in [3.63, 3.8) is 0 Å². The van der Waals surface area contributed by atoms with E-state index in [1.807, 2.05) is 12.3 Å². The van der Waals surface area contributed by atoms with E-state index < -0.39 is 11.6 Å². The first kappa shape index (κ1) is 13.4. The third kappa shape index (κ3) is 2.73. The highest BCUT2D eigenvalue weighted by Gasteiger charge is 2.45. The van der Waals surface area contributed by atoms with E-state index in [4.69, 9.17) is 5.84 Å². The molecule has 0 spiro atoms. The van der Waals surface area contributed by atoms with Gasteiger partial charge in [0.1, 0.15) is 5.54 Å². The summed E-state index contributed by atoms with van der Waals surface area (Å²) in [5.41, 5.74) is 1.18. The normalized spacial score (nSPS) is 23.8. The van der Waals surface area contributed by atoms with Crippen molar-refractivity contribution in [3.05, 3.63) is 0 Å². The highest BCUT2D eigenvalue weighted by molar-refractivity contribution is 6.06. The van der Waals surface area contributed by atoms with Crippen LogP contribution in [0, 0.1) is 0 Å². The standard InChI is InChI=1S/C10H18N4O3/c1-3-10(2)8(16)14(9(17)12-10)6-4-5-7(15)13-11/h3-6,11H2,1-2H3,(H,12,17)(H,13,15). The Hall–Kier alpha value is -1.63. The topological polar surface area (TPSA) is 105 Å². The van der Waals surface area contributed by atoms with E-state index in [0.717, 1.165) is 4.90 Å². The van der Waals surface area contributed by atoms with Crippen LogP contribution in [0.4, 0.5) is 4.79 Å². The molecule has 0 radical (unpaired) electrons. The Bertz CT molecular complexity index is 344. The SMILES string of the molecule is CCC1(C)NC(=O)N(CCCC(=O)NN)C1=O. The summed E-state index contributed by atoms with van der Waals surface area (Å²) in [5.74, 6) is 4.38. The van der Waals surface area contributed by atoms with Gasteiger partial charge in [-0.05, 0) is 19.8 Å². The van der Waals surface area contributed by atoms with Gasteiger partial charge in [0, 0.05) is 13.0 Å². The summed E-state index contributed by atoms with van der Waals surface area (Å²) in [6.07, 6.45) is 1.13. The Labute approximate surface area is 99.7 Å². The van der Waals surface area contributed by atoms with Crippen LogP contribution >= 0.6 is 0 Å². The molecule has 0 aromatic rings. The average molecular weight is 242 g/mol. The van der Waals surface area contributed by atoms with Crippen LogP contribution in [0.25, 0.3) is 0 Å². The van der Waals surface area contributed by atoms with Crippen LogP contribution in [0.3, 0.4) is 0 Å². The molecule has 1 rings (SSSR count). The molecule has 1 saturated heterocycles. The molecule has 0 aromatic carbocycles. The fourth-order valence-corrected chi connectivity index (χ4v) is 1.66. The molecule has 17 heavy (non-hydrogen) atoms. The largest absolute Gasteiger partial charge is 0.325 e. The Morgan fingerprint density at radius 1 is 1.53 bits per heavy atom. The van der Waals surface area contributed by atoms with Crippen LogP contribution in [-0.4, -0.2) is 34.8 Å². The highest BCUT2D eigenvalue weighted by atomic mass is 16.2. The summed E-state index contributed by atoms with van der Waals surface area (Å²) >= 11 is 0. The lowest BCUT2D eigenvalue weighted by Gasteiger charge is -2.19. The van der Waals surface area contributed by atoms with E-state index in [0.29, 0.717) is 12.8 Å². The van der Waals surface area contributed by atoms with Gasteiger partial charge in [-0.1, -0.05) is 6.92 Å². The maximum atomic E-state index is 11.9. The molecule has 4 amide bonds. The monoisotopic (exact) mass is 242 g/mol. The maximum Gasteiger partial charge on any atom is 0.325 e. The van der Waals surface area contributed by atoms with E-state index in [1.54, 1.807) is 6.92 Å². The fourth-order valence-electron chi connectivity index (χ4n) is 1.66. The van der Waals surface area contributed by atoms with E-state index in [9.17, 15) is 14.4 Å².